The average Bonchev–Trinajstić information content (AvgIpc) is 2.62. The largest absolute Gasteiger partial charge is 0.508 e. The van der Waals surface area contributed by atoms with Crippen LogP contribution in [-0.4, -0.2) is 18.3 Å². The lowest BCUT2D eigenvalue weighted by Gasteiger charge is -2.12. The van der Waals surface area contributed by atoms with Crippen molar-refractivity contribution in [2.75, 3.05) is 13.2 Å². The minimum Gasteiger partial charge on any atom is -0.508 e. The molecular weight excluding hydrogens is 178 g/mol. The normalized spacial score (nSPS) is 16.1. The van der Waals surface area contributed by atoms with Gasteiger partial charge < -0.3 is 15.6 Å². The first-order chi connectivity index (χ1) is 6.72. The Morgan fingerprint density at radius 2 is 2.36 bits per heavy atom. The number of fused-ring (bicyclic) bond motifs is 1. The van der Waals surface area contributed by atoms with Crippen LogP contribution >= 0.6 is 0 Å². The van der Waals surface area contributed by atoms with Crippen LogP contribution in [0, 0.1) is 0 Å². The second kappa shape index (κ2) is 3.50. The molecular formula is C11H15NO2. The highest BCUT2D eigenvalue weighted by Crippen LogP contribution is 2.35. The fourth-order valence-corrected chi connectivity index (χ4v) is 1.75. The van der Waals surface area contributed by atoms with Crippen LogP contribution in [0.1, 0.15) is 24.0 Å². The molecule has 1 aromatic carbocycles. The van der Waals surface area contributed by atoms with Gasteiger partial charge in [0.25, 0.3) is 0 Å². The minimum absolute atomic E-state index is 0.171. The molecule has 0 spiro atoms. The minimum atomic E-state index is 0.171. The van der Waals surface area contributed by atoms with Crippen molar-refractivity contribution in [2.45, 2.75) is 19.3 Å². The molecule has 76 valence electrons. The summed E-state index contributed by atoms with van der Waals surface area (Å²) in [5.74, 6) is 1.41. The Balaban J connectivity index is 2.42. The summed E-state index contributed by atoms with van der Waals surface area (Å²) in [5.41, 5.74) is 7.54. The van der Waals surface area contributed by atoms with E-state index in [0.717, 1.165) is 29.9 Å². The van der Waals surface area contributed by atoms with E-state index < -0.39 is 0 Å². The molecule has 3 nitrogen and oxygen atoms in total. The van der Waals surface area contributed by atoms with Crippen LogP contribution in [0.15, 0.2) is 12.1 Å². The third kappa shape index (κ3) is 1.44. The lowest BCUT2D eigenvalue weighted by atomic mass is 9.98. The summed E-state index contributed by atoms with van der Waals surface area (Å²) in [6.45, 7) is 3.25. The molecule has 3 N–H and O–H groups in total. The van der Waals surface area contributed by atoms with Gasteiger partial charge in [-0.05, 0) is 24.6 Å². The van der Waals surface area contributed by atoms with Crippen LogP contribution in [-0.2, 0) is 6.42 Å². The van der Waals surface area contributed by atoms with Gasteiger partial charge in [0.1, 0.15) is 11.5 Å². The number of rotatable bonds is 2. The van der Waals surface area contributed by atoms with E-state index in [0.29, 0.717) is 12.3 Å². The highest BCUT2D eigenvalue weighted by atomic mass is 16.5. The monoisotopic (exact) mass is 193 g/mol. The summed E-state index contributed by atoms with van der Waals surface area (Å²) in [4.78, 5) is 0. The van der Waals surface area contributed by atoms with Crippen molar-refractivity contribution in [3.05, 3.63) is 23.3 Å². The zero-order valence-corrected chi connectivity index (χ0v) is 8.29. The molecule has 3 heteroatoms. The highest BCUT2D eigenvalue weighted by Gasteiger charge is 2.17. The van der Waals surface area contributed by atoms with Crippen molar-refractivity contribution in [1.82, 2.24) is 0 Å². The van der Waals surface area contributed by atoms with E-state index in [4.69, 9.17) is 10.5 Å². The van der Waals surface area contributed by atoms with Gasteiger partial charge in [-0.25, -0.2) is 0 Å². The molecule has 0 bridgehead atoms. The number of phenols is 1. The van der Waals surface area contributed by atoms with Gasteiger partial charge in [0.15, 0.2) is 0 Å². The summed E-state index contributed by atoms with van der Waals surface area (Å²) in [6, 6.07) is 3.71. The molecule has 1 heterocycles. The number of aromatic hydroxyl groups is 1. The summed E-state index contributed by atoms with van der Waals surface area (Å²) in [5, 5.41) is 9.77. The predicted octanol–water partition coefficient (Wildman–Crippen LogP) is 1.39. The molecule has 0 amide bonds. The van der Waals surface area contributed by atoms with Gasteiger partial charge in [-0.15, -0.1) is 0 Å². The number of hydrogen-bond donors (Lipinski definition) is 2. The fourth-order valence-electron chi connectivity index (χ4n) is 1.75. The molecule has 0 aromatic heterocycles. The fraction of sp³-hybridized carbons (Fsp3) is 0.455. The van der Waals surface area contributed by atoms with Gasteiger partial charge >= 0.3 is 0 Å². The number of benzene rings is 1. The second-order valence-electron chi connectivity index (χ2n) is 3.75. The van der Waals surface area contributed by atoms with E-state index in [9.17, 15) is 5.11 Å². The van der Waals surface area contributed by atoms with Gasteiger partial charge in [-0.3, -0.25) is 0 Å². The molecule has 1 aliphatic rings. The van der Waals surface area contributed by atoms with Crippen molar-refractivity contribution < 1.29 is 9.84 Å². The lowest BCUT2D eigenvalue weighted by Crippen LogP contribution is -2.09. The van der Waals surface area contributed by atoms with Crippen LogP contribution in [0.3, 0.4) is 0 Å². The van der Waals surface area contributed by atoms with E-state index >= 15 is 0 Å². The number of ether oxygens (including phenoxy) is 1. The molecule has 1 aliphatic heterocycles. The van der Waals surface area contributed by atoms with Crippen molar-refractivity contribution in [3.8, 4) is 11.5 Å². The van der Waals surface area contributed by atoms with E-state index in [1.807, 2.05) is 13.0 Å². The molecule has 1 unspecified atom stereocenters. The maximum atomic E-state index is 9.77. The first-order valence-corrected chi connectivity index (χ1v) is 4.91. The predicted molar refractivity (Wildman–Crippen MR) is 54.8 cm³/mol. The summed E-state index contributed by atoms with van der Waals surface area (Å²) in [6.07, 6.45) is 0.889. The standard InChI is InChI=1S/C11H15NO2/c1-7(6-12)9-5-11-8(2-3-14-11)4-10(9)13/h4-5,7,13H,2-3,6,12H2,1H3. The quantitative estimate of drug-likeness (QED) is 0.746. The Labute approximate surface area is 83.5 Å². The third-order valence-electron chi connectivity index (χ3n) is 2.72. The van der Waals surface area contributed by atoms with Gasteiger partial charge in [0, 0.05) is 17.5 Å². The van der Waals surface area contributed by atoms with Crippen molar-refractivity contribution in [2.24, 2.45) is 5.73 Å². The molecule has 0 saturated heterocycles. The number of hydrogen-bond acceptors (Lipinski definition) is 3. The van der Waals surface area contributed by atoms with E-state index in [1.54, 1.807) is 6.07 Å². The molecule has 1 aromatic rings. The maximum Gasteiger partial charge on any atom is 0.123 e. The molecule has 1 atom stereocenters. The SMILES string of the molecule is CC(CN)c1cc2c(cc1O)CCO2. The van der Waals surface area contributed by atoms with Crippen LogP contribution in [0.5, 0.6) is 11.5 Å². The summed E-state index contributed by atoms with van der Waals surface area (Å²) in [7, 11) is 0. The smallest absolute Gasteiger partial charge is 0.123 e. The number of nitrogens with two attached hydrogens (primary N) is 1. The van der Waals surface area contributed by atoms with E-state index in [2.05, 4.69) is 0 Å². The summed E-state index contributed by atoms with van der Waals surface area (Å²) < 4.78 is 5.44. The van der Waals surface area contributed by atoms with Crippen LogP contribution in [0.2, 0.25) is 0 Å². The zero-order chi connectivity index (χ0) is 10.1. The Bertz CT molecular complexity index is 349. The van der Waals surface area contributed by atoms with Crippen molar-refractivity contribution >= 4 is 0 Å². The maximum absolute atomic E-state index is 9.77. The Morgan fingerprint density at radius 3 is 3.07 bits per heavy atom. The van der Waals surface area contributed by atoms with Gasteiger partial charge in [-0.2, -0.15) is 0 Å². The zero-order valence-electron chi connectivity index (χ0n) is 8.29. The lowest BCUT2D eigenvalue weighted by molar-refractivity contribution is 0.356. The van der Waals surface area contributed by atoms with Crippen LogP contribution in [0.25, 0.3) is 0 Å². The second-order valence-corrected chi connectivity index (χ2v) is 3.75. The van der Waals surface area contributed by atoms with Gasteiger partial charge in [0.05, 0.1) is 6.61 Å². The Hall–Kier alpha value is -1.22. The van der Waals surface area contributed by atoms with Crippen molar-refractivity contribution in [3.63, 3.8) is 0 Å². The van der Waals surface area contributed by atoms with E-state index in [-0.39, 0.29) is 5.92 Å². The van der Waals surface area contributed by atoms with Crippen LogP contribution in [0.4, 0.5) is 0 Å². The molecule has 0 aliphatic carbocycles. The van der Waals surface area contributed by atoms with Gasteiger partial charge in [0.2, 0.25) is 0 Å². The van der Waals surface area contributed by atoms with Crippen LogP contribution < -0.4 is 10.5 Å². The molecule has 0 fully saturated rings. The van der Waals surface area contributed by atoms with E-state index in [1.165, 1.54) is 0 Å². The Kier molecular flexibility index (Phi) is 2.33. The highest BCUT2D eigenvalue weighted by molar-refractivity contribution is 5.48. The molecule has 2 rings (SSSR count). The van der Waals surface area contributed by atoms with Crippen molar-refractivity contribution in [1.29, 1.82) is 0 Å². The summed E-state index contributed by atoms with van der Waals surface area (Å²) >= 11 is 0. The first-order valence-electron chi connectivity index (χ1n) is 4.91. The topological polar surface area (TPSA) is 55.5 Å². The Morgan fingerprint density at radius 1 is 1.57 bits per heavy atom. The first kappa shape index (κ1) is 9.34. The van der Waals surface area contributed by atoms with Gasteiger partial charge in [-0.1, -0.05) is 6.92 Å². The molecule has 0 radical (unpaired) electrons. The number of phenolic OH excluding ortho intramolecular Hbond substituents is 1. The average molecular weight is 193 g/mol. The molecule has 0 saturated carbocycles. The third-order valence-corrected chi connectivity index (χ3v) is 2.72. The molecule has 14 heavy (non-hydrogen) atoms.